The highest BCUT2D eigenvalue weighted by molar-refractivity contribution is 5.90. The van der Waals surface area contributed by atoms with Gasteiger partial charge in [0, 0.05) is 11.7 Å². The summed E-state index contributed by atoms with van der Waals surface area (Å²) in [5.41, 5.74) is 6.19. The number of rotatable bonds is 2. The van der Waals surface area contributed by atoms with Crippen molar-refractivity contribution < 1.29 is 4.79 Å². The van der Waals surface area contributed by atoms with Crippen LogP contribution >= 0.6 is 0 Å². The number of anilines is 1. The van der Waals surface area contributed by atoms with Gasteiger partial charge in [0.2, 0.25) is 0 Å². The Morgan fingerprint density at radius 2 is 1.68 bits per heavy atom. The highest BCUT2D eigenvalue weighted by Gasteiger charge is 2.12. The molecule has 0 unspecified atom stereocenters. The maximum absolute atomic E-state index is 11.4. The Morgan fingerprint density at radius 1 is 1.05 bits per heavy atom. The van der Waals surface area contributed by atoms with Gasteiger partial charge in [-0.3, -0.25) is 0 Å². The van der Waals surface area contributed by atoms with Crippen molar-refractivity contribution in [3.8, 4) is 0 Å². The average molecular weight is 296 g/mol. The fraction of sp³-hybridized carbons (Fsp3) is 0.316. The number of carbonyl (C=O) groups is 1. The summed E-state index contributed by atoms with van der Waals surface area (Å²) in [5.74, 6) is 0. The van der Waals surface area contributed by atoms with Gasteiger partial charge in [-0.05, 0) is 56.9 Å². The van der Waals surface area contributed by atoms with Crippen LogP contribution in [0.15, 0.2) is 42.5 Å². The molecule has 0 bridgehead atoms. The number of carbonyl (C=O) groups excluding carboxylic acids is 1. The molecule has 3 rings (SSSR count). The Kier molecular flexibility index (Phi) is 5.21. The van der Waals surface area contributed by atoms with Crippen molar-refractivity contribution in [1.82, 2.24) is 5.32 Å². The summed E-state index contributed by atoms with van der Waals surface area (Å²) >= 11 is 0. The van der Waals surface area contributed by atoms with Crippen LogP contribution in [0.5, 0.6) is 0 Å². The van der Waals surface area contributed by atoms with Crippen molar-refractivity contribution >= 4 is 11.7 Å². The molecule has 0 saturated carbocycles. The van der Waals surface area contributed by atoms with Crippen LogP contribution in [0.2, 0.25) is 0 Å². The molecule has 0 aliphatic heterocycles. The Morgan fingerprint density at radius 3 is 2.18 bits per heavy atom. The van der Waals surface area contributed by atoms with Crippen LogP contribution in [-0.2, 0) is 6.42 Å². The summed E-state index contributed by atoms with van der Waals surface area (Å²) in [6.45, 7) is 7.88. The van der Waals surface area contributed by atoms with Gasteiger partial charge in [-0.25, -0.2) is 4.79 Å². The third-order valence-electron chi connectivity index (χ3n) is 3.42. The van der Waals surface area contributed by atoms with Crippen LogP contribution in [0.3, 0.4) is 0 Å². The first-order valence-corrected chi connectivity index (χ1v) is 7.67. The SMILES string of the molecule is Cc1ccc(NC(=O)NC(C)C)c(C)c1.c1ccc2c(c1)C2. The zero-order valence-electron chi connectivity index (χ0n) is 13.7. The van der Waals surface area contributed by atoms with Gasteiger partial charge in [0.15, 0.2) is 0 Å². The Hall–Kier alpha value is -2.29. The summed E-state index contributed by atoms with van der Waals surface area (Å²) in [4.78, 5) is 11.4. The first-order valence-electron chi connectivity index (χ1n) is 7.67. The van der Waals surface area contributed by atoms with Gasteiger partial charge < -0.3 is 10.6 Å². The molecule has 2 aromatic rings. The van der Waals surface area contributed by atoms with Gasteiger partial charge in [-0.15, -0.1) is 0 Å². The Labute approximate surface area is 132 Å². The molecule has 0 radical (unpaired) electrons. The molecule has 116 valence electrons. The molecule has 2 amide bonds. The summed E-state index contributed by atoms with van der Waals surface area (Å²) in [6, 6.07) is 14.5. The zero-order valence-corrected chi connectivity index (χ0v) is 13.7. The van der Waals surface area contributed by atoms with Crippen molar-refractivity contribution in [2.24, 2.45) is 0 Å². The summed E-state index contributed by atoms with van der Waals surface area (Å²) in [5, 5.41) is 5.60. The quantitative estimate of drug-likeness (QED) is 0.722. The number of amides is 2. The maximum atomic E-state index is 11.4. The largest absolute Gasteiger partial charge is 0.336 e. The summed E-state index contributed by atoms with van der Waals surface area (Å²) in [6.07, 6.45) is 1.24. The minimum Gasteiger partial charge on any atom is -0.336 e. The molecule has 0 saturated heterocycles. The van der Waals surface area contributed by atoms with Gasteiger partial charge in [0.05, 0.1) is 0 Å². The van der Waals surface area contributed by atoms with E-state index in [1.807, 2.05) is 45.9 Å². The number of fused-ring (bicyclic) bond motifs is 1. The van der Waals surface area contributed by atoms with Crippen LogP contribution in [0.4, 0.5) is 10.5 Å². The monoisotopic (exact) mass is 296 g/mol. The molecule has 1 aliphatic rings. The lowest BCUT2D eigenvalue weighted by Gasteiger charge is -2.12. The van der Waals surface area contributed by atoms with Crippen LogP contribution in [0.1, 0.15) is 36.1 Å². The molecule has 0 atom stereocenters. The smallest absolute Gasteiger partial charge is 0.319 e. The fourth-order valence-electron chi connectivity index (χ4n) is 2.21. The molecule has 1 aliphatic carbocycles. The second-order valence-electron chi connectivity index (χ2n) is 6.02. The normalized spacial score (nSPS) is 11.1. The Balaban J connectivity index is 0.000000205. The second kappa shape index (κ2) is 7.12. The number of aryl methyl sites for hydroxylation is 2. The van der Waals surface area contributed by atoms with E-state index in [0.717, 1.165) is 11.3 Å². The lowest BCUT2D eigenvalue weighted by molar-refractivity contribution is 0.250. The molecule has 22 heavy (non-hydrogen) atoms. The van der Waals surface area contributed by atoms with Gasteiger partial charge in [-0.2, -0.15) is 0 Å². The zero-order chi connectivity index (χ0) is 16.1. The average Bonchev–Trinajstić information content (AvgIpc) is 3.21. The molecule has 3 nitrogen and oxygen atoms in total. The van der Waals surface area contributed by atoms with Gasteiger partial charge in [-0.1, -0.05) is 42.0 Å². The highest BCUT2D eigenvalue weighted by atomic mass is 16.2. The first kappa shape index (κ1) is 16.1. The van der Waals surface area contributed by atoms with E-state index in [4.69, 9.17) is 0 Å². The van der Waals surface area contributed by atoms with Crippen LogP contribution in [0.25, 0.3) is 0 Å². The van der Waals surface area contributed by atoms with Gasteiger partial charge in [0.25, 0.3) is 0 Å². The van der Waals surface area contributed by atoms with Gasteiger partial charge in [0.1, 0.15) is 0 Å². The molecule has 0 aromatic heterocycles. The third-order valence-corrected chi connectivity index (χ3v) is 3.42. The minimum atomic E-state index is -0.156. The van der Waals surface area contributed by atoms with Crippen molar-refractivity contribution in [3.63, 3.8) is 0 Å². The summed E-state index contributed by atoms with van der Waals surface area (Å²) < 4.78 is 0. The van der Waals surface area contributed by atoms with E-state index in [2.05, 4.69) is 34.9 Å². The number of nitrogens with one attached hydrogen (secondary N) is 2. The van der Waals surface area contributed by atoms with Crippen LogP contribution in [0, 0.1) is 13.8 Å². The molecule has 0 fully saturated rings. The molecular weight excluding hydrogens is 272 g/mol. The van der Waals surface area contributed by atoms with E-state index in [1.165, 1.54) is 23.1 Å². The van der Waals surface area contributed by atoms with Crippen LogP contribution in [-0.4, -0.2) is 12.1 Å². The van der Waals surface area contributed by atoms with Crippen molar-refractivity contribution in [3.05, 3.63) is 64.7 Å². The van der Waals surface area contributed by atoms with E-state index in [9.17, 15) is 4.79 Å². The molecule has 0 heterocycles. The Bertz CT molecular complexity index is 641. The highest BCUT2D eigenvalue weighted by Crippen LogP contribution is 2.25. The van der Waals surface area contributed by atoms with Crippen LogP contribution < -0.4 is 10.6 Å². The third kappa shape index (κ3) is 4.92. The molecule has 0 spiro atoms. The van der Waals surface area contributed by atoms with E-state index < -0.39 is 0 Å². The number of urea groups is 1. The van der Waals surface area contributed by atoms with Crippen molar-refractivity contribution in [1.29, 1.82) is 0 Å². The molecule has 2 N–H and O–H groups in total. The fourth-order valence-corrected chi connectivity index (χ4v) is 2.21. The first-order chi connectivity index (χ1) is 10.5. The van der Waals surface area contributed by atoms with Crippen molar-refractivity contribution in [2.45, 2.75) is 40.2 Å². The lowest BCUT2D eigenvalue weighted by Crippen LogP contribution is -2.34. The van der Waals surface area contributed by atoms with E-state index in [1.54, 1.807) is 0 Å². The topological polar surface area (TPSA) is 41.1 Å². The summed E-state index contributed by atoms with van der Waals surface area (Å²) in [7, 11) is 0. The maximum Gasteiger partial charge on any atom is 0.319 e. The predicted molar refractivity (Wildman–Crippen MR) is 92.5 cm³/mol. The van der Waals surface area contributed by atoms with Crippen molar-refractivity contribution in [2.75, 3.05) is 5.32 Å². The van der Waals surface area contributed by atoms with Gasteiger partial charge >= 0.3 is 6.03 Å². The van der Waals surface area contributed by atoms with E-state index in [-0.39, 0.29) is 12.1 Å². The predicted octanol–water partition coefficient (Wildman–Crippen LogP) is 4.42. The standard InChI is InChI=1S/C12H18N2O.C7H6/c1-8(2)13-12(15)14-11-6-5-9(3)7-10(11)4;1-2-4-7-5-6(7)3-1/h5-8H,1-4H3,(H2,13,14,15);1-4H,5H2. The number of benzene rings is 2. The van der Waals surface area contributed by atoms with E-state index >= 15 is 0 Å². The minimum absolute atomic E-state index is 0.149. The second-order valence-corrected chi connectivity index (χ2v) is 6.02. The molecule has 2 aromatic carbocycles. The number of hydrogen-bond donors (Lipinski definition) is 2. The molecular formula is C19H24N2O. The lowest BCUT2D eigenvalue weighted by atomic mass is 10.1. The number of hydrogen-bond acceptors (Lipinski definition) is 1. The van der Waals surface area contributed by atoms with E-state index in [0.29, 0.717) is 0 Å². The molecule has 3 heteroatoms.